The monoisotopic (exact) mass is 1460 g/mol. The highest BCUT2D eigenvalue weighted by Crippen LogP contribution is 2.37. The molecule has 0 aliphatic carbocycles. The van der Waals surface area contributed by atoms with Gasteiger partial charge >= 0.3 is 0 Å². The summed E-state index contributed by atoms with van der Waals surface area (Å²) in [4.78, 5) is 94.3. The zero-order valence-electron chi connectivity index (χ0n) is 53.4. The molecule has 510 valence electrons. The number of halogens is 6. The lowest BCUT2D eigenvalue weighted by Crippen LogP contribution is -2.50. The molecule has 9 aromatic heterocycles. The highest BCUT2D eigenvalue weighted by atomic mass is 35.5. The largest absolute Gasteiger partial charge is 0.459 e. The molecule has 15 rings (SSSR count). The van der Waals surface area contributed by atoms with Crippen LogP contribution in [0.3, 0.4) is 0 Å². The summed E-state index contributed by atoms with van der Waals surface area (Å²) in [5.74, 6) is 1.30. The van der Waals surface area contributed by atoms with Crippen molar-refractivity contribution in [1.82, 2.24) is 67.7 Å². The third kappa shape index (κ3) is 14.5. The van der Waals surface area contributed by atoms with E-state index in [0.29, 0.717) is 167 Å². The van der Waals surface area contributed by atoms with Crippen LogP contribution in [0.15, 0.2) is 170 Å². The Morgan fingerprint density at radius 2 is 0.770 bits per heavy atom. The van der Waals surface area contributed by atoms with Crippen molar-refractivity contribution in [3.05, 3.63) is 235 Å². The van der Waals surface area contributed by atoms with Gasteiger partial charge in [0.05, 0.1) is 31.1 Å². The van der Waals surface area contributed by atoms with Crippen LogP contribution in [-0.4, -0.2) is 170 Å². The van der Waals surface area contributed by atoms with E-state index in [1.807, 2.05) is 64.8 Å². The Hall–Kier alpha value is -9.73. The van der Waals surface area contributed by atoms with Gasteiger partial charge in [-0.1, -0.05) is 87.8 Å². The first-order valence-electron chi connectivity index (χ1n) is 31.8. The molecule has 0 unspecified atom stereocenters. The summed E-state index contributed by atoms with van der Waals surface area (Å²) in [5, 5.41) is 3.17. The maximum atomic E-state index is 13.4. The summed E-state index contributed by atoms with van der Waals surface area (Å²) < 4.78 is 10.6. The van der Waals surface area contributed by atoms with Crippen molar-refractivity contribution < 1.29 is 23.6 Å². The first-order valence-corrected chi connectivity index (χ1v) is 34.0. The molecule has 12 heterocycles. The lowest BCUT2D eigenvalue weighted by molar-refractivity contribution is 0.0514. The minimum Gasteiger partial charge on any atom is -0.459 e. The molecule has 0 atom stereocenters. The number of anilines is 2. The Bertz CT molecular complexity index is 4790. The molecule has 100 heavy (non-hydrogen) atoms. The highest BCUT2D eigenvalue weighted by molar-refractivity contribution is 6.37. The fourth-order valence-electron chi connectivity index (χ4n) is 12.3. The van der Waals surface area contributed by atoms with Crippen LogP contribution >= 0.6 is 69.6 Å². The molecule has 3 fully saturated rings. The molecule has 3 saturated heterocycles. The Labute approximate surface area is 603 Å². The minimum atomic E-state index is -0.175. The van der Waals surface area contributed by atoms with E-state index in [1.54, 1.807) is 127 Å². The summed E-state index contributed by atoms with van der Waals surface area (Å²) in [7, 11) is 0. The number of amides is 4. The van der Waals surface area contributed by atoms with Crippen LogP contribution < -0.4 is 27.0 Å². The quantitative estimate of drug-likeness (QED) is 0.102. The van der Waals surface area contributed by atoms with E-state index in [-0.39, 0.29) is 30.2 Å². The van der Waals surface area contributed by atoms with Gasteiger partial charge < -0.3 is 51.0 Å². The fourth-order valence-corrected chi connectivity index (χ4v) is 13.9. The van der Waals surface area contributed by atoms with Crippen LogP contribution in [0.5, 0.6) is 0 Å². The molecule has 30 heteroatoms. The molecule has 3 aliphatic heterocycles. The maximum absolute atomic E-state index is 13.4. The lowest BCUT2D eigenvalue weighted by atomic mass is 10.0. The van der Waals surface area contributed by atoms with E-state index in [9.17, 15) is 19.2 Å². The van der Waals surface area contributed by atoms with E-state index in [0.717, 1.165) is 55.9 Å². The van der Waals surface area contributed by atoms with E-state index in [1.165, 1.54) is 6.26 Å². The SMILES string of the molecule is NCc1cc2ncc(C(=O)N3CCN(C(=O)c4ccco4)CC3)n2cc1-c1ccc(Cl)cc1Cl.NCc1cc2ncc(C(=O)N3CCN(c4cnccn4)CC3)n2cc1-c1ccc(Cl)cc1Cl.NCc1cc2ncc(C(=O)N3CCN(c4ncccn4)CC3)n2cc1-c1ccc(Cl)cc1Cl. The third-order valence-electron chi connectivity index (χ3n) is 17.6. The maximum Gasteiger partial charge on any atom is 0.289 e. The Balaban J connectivity index is 0.000000134. The number of aromatic nitrogens is 10. The zero-order chi connectivity index (χ0) is 69.7. The number of carbonyl (C=O) groups excluding carboxylic acids is 4. The predicted octanol–water partition coefficient (Wildman–Crippen LogP) is 11.0. The van der Waals surface area contributed by atoms with Gasteiger partial charge in [0.25, 0.3) is 23.6 Å². The number of rotatable bonds is 12. The van der Waals surface area contributed by atoms with Crippen molar-refractivity contribution in [1.29, 1.82) is 0 Å². The van der Waals surface area contributed by atoms with E-state index >= 15 is 0 Å². The van der Waals surface area contributed by atoms with Crippen LogP contribution in [0.25, 0.3) is 50.3 Å². The molecule has 4 amide bonds. The van der Waals surface area contributed by atoms with Crippen molar-refractivity contribution in [3.8, 4) is 33.4 Å². The van der Waals surface area contributed by atoms with Gasteiger partial charge in [0.1, 0.15) is 39.8 Å². The molecule has 24 nitrogen and oxygen atoms in total. The number of hydrogen-bond acceptors (Lipinski definition) is 17. The van der Waals surface area contributed by atoms with E-state index in [4.69, 9.17) is 91.2 Å². The number of hydrogen-bond donors (Lipinski definition) is 3. The molecule has 0 spiro atoms. The second kappa shape index (κ2) is 30.4. The number of benzene rings is 3. The number of furan rings is 1. The van der Waals surface area contributed by atoms with Crippen LogP contribution in [0.2, 0.25) is 30.1 Å². The Kier molecular flexibility index (Phi) is 20.9. The molecule has 6 N–H and O–H groups in total. The van der Waals surface area contributed by atoms with Gasteiger partial charge in [0.15, 0.2) is 5.76 Å². The summed E-state index contributed by atoms with van der Waals surface area (Å²) in [5.41, 5.74) is 28.8. The first kappa shape index (κ1) is 68.8. The molecule has 12 aromatic rings. The molecule has 0 saturated carbocycles. The second-order valence-corrected chi connectivity index (χ2v) is 26.0. The standard InChI is InChI=1S/C24H21Cl2N5O3.2C23H21Cl2N7O/c25-16-3-4-17(19(26)11-16)18-14-31-20(13-28-22(31)10-15(18)12-27)23(32)29-5-7-30(8-6-29)24(33)21-2-1-9-34-21;24-16-2-3-17(19(25)11-16)18-14-32-20(13-29-21(32)10-15(18)12-26)22(33)30-6-8-31(9-7-30)23-27-4-1-5-28-23;24-16-1-2-17(19(25)10-16)18-14-32-20(12-29-21(32)9-15(18)11-26)23(33)31-7-5-30(6-8-31)22-13-27-3-4-28-22/h1-4,9-11,13-14H,5-8,12,27H2;1-5,10-11,13-14H,6-9,12,26H2;1-4,9-10,12-14H,5-8,11,26H2. The summed E-state index contributed by atoms with van der Waals surface area (Å²) in [6.07, 6.45) is 20.3. The highest BCUT2D eigenvalue weighted by Gasteiger charge is 2.31. The van der Waals surface area contributed by atoms with Gasteiger partial charge in [-0.25, -0.2) is 29.9 Å². The predicted molar refractivity (Wildman–Crippen MR) is 386 cm³/mol. The Morgan fingerprint density at radius 1 is 0.390 bits per heavy atom. The zero-order valence-corrected chi connectivity index (χ0v) is 57.9. The number of carbonyl (C=O) groups is 4. The van der Waals surface area contributed by atoms with Crippen molar-refractivity contribution in [3.63, 3.8) is 0 Å². The van der Waals surface area contributed by atoms with E-state index < -0.39 is 0 Å². The molecule has 0 bridgehead atoms. The van der Waals surface area contributed by atoms with Crippen LogP contribution in [0.1, 0.15) is 58.7 Å². The topological polar surface area (TPSA) is 282 Å². The van der Waals surface area contributed by atoms with Crippen molar-refractivity contribution >= 4 is 122 Å². The molecule has 3 aromatic carbocycles. The van der Waals surface area contributed by atoms with Crippen molar-refractivity contribution in [2.24, 2.45) is 17.2 Å². The van der Waals surface area contributed by atoms with Gasteiger partial charge in [-0.3, -0.25) is 37.4 Å². The van der Waals surface area contributed by atoms with Crippen LogP contribution in [-0.2, 0) is 19.6 Å². The first-order chi connectivity index (χ1) is 48.5. The summed E-state index contributed by atoms with van der Waals surface area (Å²) in [6.45, 7) is 7.57. The van der Waals surface area contributed by atoms with E-state index in [2.05, 4.69) is 44.7 Å². The second-order valence-electron chi connectivity index (χ2n) is 23.5. The van der Waals surface area contributed by atoms with Crippen molar-refractivity contribution in [2.75, 3.05) is 88.3 Å². The van der Waals surface area contributed by atoms with Crippen LogP contribution in [0.4, 0.5) is 11.8 Å². The number of nitrogens with two attached hydrogens (primary N) is 3. The number of piperazine rings is 3. The number of fused-ring (bicyclic) bond motifs is 3. The van der Waals surface area contributed by atoms with Crippen molar-refractivity contribution in [2.45, 2.75) is 19.6 Å². The summed E-state index contributed by atoms with van der Waals surface area (Å²) >= 11 is 37.6. The molecular formula is C70H63Cl6N19O5. The smallest absolute Gasteiger partial charge is 0.289 e. The van der Waals surface area contributed by atoms with Gasteiger partial charge in [-0.05, 0) is 89.5 Å². The molecule has 3 aliphatic rings. The average molecular weight is 1460 g/mol. The molecule has 0 radical (unpaired) electrons. The number of pyridine rings is 3. The Morgan fingerprint density at radius 3 is 1.12 bits per heavy atom. The average Bonchev–Trinajstić information content (AvgIpc) is 1.57. The fraction of sp³-hybridized carbons (Fsp3) is 0.214. The van der Waals surface area contributed by atoms with Gasteiger partial charge in [-0.2, -0.15) is 0 Å². The summed E-state index contributed by atoms with van der Waals surface area (Å²) in [6, 6.07) is 26.7. The normalized spacial score (nSPS) is 14.1. The molecular weight excluding hydrogens is 1400 g/mol. The van der Waals surface area contributed by atoms with Gasteiger partial charge in [-0.15, -0.1) is 0 Å². The van der Waals surface area contributed by atoms with Gasteiger partial charge in [0, 0.05) is 205 Å². The van der Waals surface area contributed by atoms with Crippen LogP contribution in [0, 0.1) is 0 Å². The number of nitrogens with zero attached hydrogens (tertiary/aromatic N) is 16. The third-order valence-corrected chi connectivity index (χ3v) is 19.3. The minimum absolute atomic E-state index is 0.0741. The number of imidazole rings is 3. The van der Waals surface area contributed by atoms with Gasteiger partial charge in [0.2, 0.25) is 5.95 Å². The lowest BCUT2D eigenvalue weighted by Gasteiger charge is -2.35.